The Kier molecular flexibility index (Phi) is 8.49. The number of ether oxygens (including phenoxy) is 2. The molecule has 0 unspecified atom stereocenters. The van der Waals surface area contributed by atoms with E-state index in [0.29, 0.717) is 40.9 Å². The molecule has 5 rings (SSSR count). The summed E-state index contributed by atoms with van der Waals surface area (Å²) in [6, 6.07) is 15.0. The third-order valence-corrected chi connectivity index (χ3v) is 8.36. The van der Waals surface area contributed by atoms with E-state index in [1.165, 1.54) is 16.2 Å². The molecule has 3 amide bonds. The van der Waals surface area contributed by atoms with Gasteiger partial charge in [-0.2, -0.15) is 0 Å². The van der Waals surface area contributed by atoms with Crippen LogP contribution in [0.15, 0.2) is 64.9 Å². The van der Waals surface area contributed by atoms with E-state index < -0.39 is 23.6 Å². The number of benzene rings is 2. The van der Waals surface area contributed by atoms with Gasteiger partial charge in [-0.15, -0.1) is 11.3 Å². The zero-order chi connectivity index (χ0) is 29.0. The molecule has 0 radical (unpaired) electrons. The van der Waals surface area contributed by atoms with Crippen LogP contribution in [0.1, 0.15) is 27.2 Å². The highest BCUT2D eigenvalue weighted by atomic mass is 32.1. The summed E-state index contributed by atoms with van der Waals surface area (Å²) in [6.45, 7) is 0.730. The summed E-state index contributed by atoms with van der Waals surface area (Å²) in [7, 11) is 0. The fourth-order valence-corrected chi connectivity index (χ4v) is 5.90. The third-order valence-electron chi connectivity index (χ3n) is 6.96. The van der Waals surface area contributed by atoms with Crippen molar-refractivity contribution in [2.24, 2.45) is 5.73 Å². The molecule has 212 valence electrons. The number of hydrogen-bond donors (Lipinski definition) is 4. The standard InChI is InChI=1S/C28H27N5O6S2/c29-25(30)20-11-22(40-15-20)13-31-27(36)23-12-28(38-9-10-39-28)16-33(23)24(34)14-32-26(35)19-3-1-17(2-4-19)18-5-7-21(41-37)8-6-18/h1-8,11,15,23H,9-10,12-14,16H2,(H4-,29,30,31,32,35,36)/p+1/t23-/m0/s1. The van der Waals surface area contributed by atoms with Crippen LogP contribution in [0.5, 0.6) is 0 Å². The lowest BCUT2D eigenvalue weighted by Gasteiger charge is -2.24. The van der Waals surface area contributed by atoms with Gasteiger partial charge < -0.3 is 30.7 Å². The molecule has 13 heteroatoms. The highest BCUT2D eigenvalue weighted by Gasteiger charge is 2.52. The molecule has 3 aromatic rings. The van der Waals surface area contributed by atoms with Crippen LogP contribution < -0.4 is 16.4 Å². The highest BCUT2D eigenvalue weighted by molar-refractivity contribution is 7.65. The van der Waals surface area contributed by atoms with Gasteiger partial charge in [-0.25, -0.2) is 0 Å². The predicted octanol–water partition coefficient (Wildman–Crippen LogP) is 1.88. The van der Waals surface area contributed by atoms with Crippen molar-refractivity contribution in [2.75, 3.05) is 26.3 Å². The van der Waals surface area contributed by atoms with Gasteiger partial charge >= 0.3 is 11.7 Å². The maximum atomic E-state index is 13.2. The molecule has 0 saturated carbocycles. The minimum Gasteiger partial charge on any atom is -0.384 e. The van der Waals surface area contributed by atoms with Crippen molar-refractivity contribution in [3.63, 3.8) is 0 Å². The maximum absolute atomic E-state index is 13.2. The quantitative estimate of drug-likeness (QED) is 0.167. The average Bonchev–Trinajstić information content (AvgIpc) is 3.75. The molecule has 2 fully saturated rings. The lowest BCUT2D eigenvalue weighted by atomic mass is 10.0. The zero-order valence-electron chi connectivity index (χ0n) is 21.9. The molecular weight excluding hydrogens is 566 g/mol. The van der Waals surface area contributed by atoms with Crippen molar-refractivity contribution in [3.05, 3.63) is 76.0 Å². The van der Waals surface area contributed by atoms with Crippen LogP contribution in [0.3, 0.4) is 0 Å². The summed E-state index contributed by atoms with van der Waals surface area (Å²) in [5.41, 5.74) is 8.27. The van der Waals surface area contributed by atoms with E-state index in [1.54, 1.807) is 47.8 Å². The first-order chi connectivity index (χ1) is 19.8. The van der Waals surface area contributed by atoms with Crippen molar-refractivity contribution in [1.82, 2.24) is 15.5 Å². The van der Waals surface area contributed by atoms with Crippen molar-refractivity contribution >= 4 is 46.6 Å². The maximum Gasteiger partial charge on any atom is 0.505 e. The van der Waals surface area contributed by atoms with Gasteiger partial charge in [0.15, 0.2) is 5.79 Å². The van der Waals surface area contributed by atoms with Crippen LogP contribution in [-0.4, -0.2) is 66.6 Å². The Hall–Kier alpha value is -4.04. The number of hydrogen-bond acceptors (Lipinski definition) is 8. The first kappa shape index (κ1) is 28.5. The van der Waals surface area contributed by atoms with Crippen molar-refractivity contribution in [3.8, 4) is 11.1 Å². The normalized spacial score (nSPS) is 17.4. The van der Waals surface area contributed by atoms with E-state index in [4.69, 9.17) is 20.6 Å². The Labute approximate surface area is 244 Å². The van der Waals surface area contributed by atoms with Gasteiger partial charge in [0.1, 0.15) is 11.9 Å². The summed E-state index contributed by atoms with van der Waals surface area (Å²) in [6.07, 6.45) is 0.178. The van der Waals surface area contributed by atoms with Gasteiger partial charge in [0, 0.05) is 44.1 Å². The molecule has 0 bridgehead atoms. The monoisotopic (exact) mass is 594 g/mol. The number of nitrogens with zero attached hydrogens (tertiary/aromatic N) is 1. The number of rotatable bonds is 9. The minimum atomic E-state index is -1.05. The van der Waals surface area contributed by atoms with E-state index in [2.05, 4.69) is 10.6 Å². The molecule has 2 aliphatic heterocycles. The highest BCUT2D eigenvalue weighted by Crippen LogP contribution is 2.35. The number of nitrogens with one attached hydrogen (secondary N) is 3. The number of amides is 3. The first-order valence-electron chi connectivity index (χ1n) is 12.8. The van der Waals surface area contributed by atoms with Gasteiger partial charge in [0.25, 0.3) is 10.8 Å². The van der Waals surface area contributed by atoms with E-state index >= 15 is 0 Å². The Balaban J connectivity index is 1.20. The van der Waals surface area contributed by atoms with Crippen LogP contribution >= 0.6 is 11.3 Å². The Morgan fingerprint density at radius 3 is 2.29 bits per heavy atom. The molecule has 1 aromatic heterocycles. The van der Waals surface area contributed by atoms with Crippen LogP contribution in [0.25, 0.3) is 11.1 Å². The average molecular weight is 595 g/mol. The molecule has 1 spiro atoms. The molecule has 0 aliphatic carbocycles. The van der Waals surface area contributed by atoms with Crippen molar-refractivity contribution in [1.29, 1.82) is 5.41 Å². The Morgan fingerprint density at radius 1 is 1.02 bits per heavy atom. The molecule has 1 atom stereocenters. The zero-order valence-corrected chi connectivity index (χ0v) is 23.5. The Morgan fingerprint density at radius 2 is 1.68 bits per heavy atom. The SMILES string of the molecule is N=C(N)c1csc(CNC(=O)[C@@H]2CC3(CN2C(=O)CNC(=O)c2ccc(-c4ccc([S+]=O)cc4)cc2)OCCO3)c1. The van der Waals surface area contributed by atoms with Crippen LogP contribution in [0.2, 0.25) is 0 Å². The summed E-state index contributed by atoms with van der Waals surface area (Å²) >= 11 is 1.80. The van der Waals surface area contributed by atoms with Crippen molar-refractivity contribution in [2.45, 2.75) is 29.7 Å². The van der Waals surface area contributed by atoms with E-state index in [1.807, 2.05) is 12.1 Å². The minimum absolute atomic E-state index is 0.0485. The number of thiophene rings is 1. The number of nitrogen functional groups attached to an aromatic ring is 1. The van der Waals surface area contributed by atoms with Crippen molar-refractivity contribution < 1.29 is 28.1 Å². The summed E-state index contributed by atoms with van der Waals surface area (Å²) in [5, 5.41) is 14.8. The fraction of sp³-hybridized carbons (Fsp3) is 0.286. The lowest BCUT2D eigenvalue weighted by molar-refractivity contribution is -0.152. The lowest BCUT2D eigenvalue weighted by Crippen LogP contribution is -2.49. The number of nitrogens with two attached hydrogens (primary N) is 1. The molecule has 2 aromatic carbocycles. The van der Waals surface area contributed by atoms with Gasteiger partial charge in [0.05, 0.1) is 32.8 Å². The van der Waals surface area contributed by atoms with E-state index in [0.717, 1.165) is 16.0 Å². The summed E-state index contributed by atoms with van der Waals surface area (Å²) in [5.74, 6) is -2.32. The molecule has 2 saturated heterocycles. The molecule has 41 heavy (non-hydrogen) atoms. The van der Waals surface area contributed by atoms with Crippen LogP contribution in [0.4, 0.5) is 0 Å². The number of likely N-dealkylation sites (tertiary alicyclic amines) is 1. The molecule has 2 aliphatic rings. The Bertz CT molecular complexity index is 1470. The third kappa shape index (κ3) is 6.49. The van der Waals surface area contributed by atoms with Gasteiger partial charge in [-0.05, 0) is 41.5 Å². The number of carbonyl (C=O) groups is 3. The second-order valence-corrected chi connectivity index (χ2v) is 11.3. The second kappa shape index (κ2) is 12.2. The second-order valence-electron chi connectivity index (χ2n) is 9.65. The van der Waals surface area contributed by atoms with Gasteiger partial charge in [-0.1, -0.05) is 12.1 Å². The van der Waals surface area contributed by atoms with Gasteiger partial charge in [0.2, 0.25) is 11.8 Å². The van der Waals surface area contributed by atoms with E-state index in [-0.39, 0.29) is 37.8 Å². The summed E-state index contributed by atoms with van der Waals surface area (Å²) in [4.78, 5) is 42.0. The fourth-order valence-electron chi connectivity index (χ4n) is 4.82. The predicted molar refractivity (Wildman–Crippen MR) is 152 cm³/mol. The molecule has 11 nitrogen and oxygen atoms in total. The largest absolute Gasteiger partial charge is 0.505 e. The number of amidine groups is 1. The first-order valence-corrected chi connectivity index (χ1v) is 14.4. The molecule has 3 heterocycles. The molecule has 5 N–H and O–H groups in total. The van der Waals surface area contributed by atoms with Crippen LogP contribution in [-0.2, 0) is 41.5 Å². The van der Waals surface area contributed by atoms with Crippen LogP contribution in [0, 0.1) is 5.41 Å². The van der Waals surface area contributed by atoms with E-state index in [9.17, 15) is 18.6 Å². The van der Waals surface area contributed by atoms with Gasteiger partial charge in [-0.3, -0.25) is 19.8 Å². The summed E-state index contributed by atoms with van der Waals surface area (Å²) < 4.78 is 22.5. The number of carbonyl (C=O) groups excluding carboxylic acids is 3. The molecular formula is C28H28N5O6S2+. The smallest absolute Gasteiger partial charge is 0.384 e. The topological polar surface area (TPSA) is 164 Å².